The van der Waals surface area contributed by atoms with Crippen LogP contribution in [0.2, 0.25) is 0 Å². The van der Waals surface area contributed by atoms with E-state index < -0.39 is 5.91 Å². The van der Waals surface area contributed by atoms with Crippen molar-refractivity contribution in [2.75, 3.05) is 12.0 Å². The number of ether oxygens (including phenoxy) is 1. The van der Waals surface area contributed by atoms with E-state index in [1.54, 1.807) is 54.6 Å². The van der Waals surface area contributed by atoms with Crippen molar-refractivity contribution in [3.8, 4) is 11.5 Å². The highest BCUT2D eigenvalue weighted by Gasteiger charge is 2.36. The molecule has 3 aromatic carbocycles. The quantitative estimate of drug-likeness (QED) is 0.428. The van der Waals surface area contributed by atoms with Crippen molar-refractivity contribution in [2.45, 2.75) is 6.92 Å². The number of nitrogens with zero attached hydrogens (tertiary/aromatic N) is 1. The average Bonchev–Trinajstić information content (AvgIpc) is 2.75. The van der Waals surface area contributed by atoms with Gasteiger partial charge in [-0.05, 0) is 69.9 Å². The molecule has 4 rings (SSSR count). The molecule has 1 N–H and O–H groups in total. The van der Waals surface area contributed by atoms with Gasteiger partial charge in [-0.1, -0.05) is 36.4 Å². The smallest absolute Gasteiger partial charge is 0.265 e. The first-order valence-electron chi connectivity index (χ1n) is 9.24. The molecule has 30 heavy (non-hydrogen) atoms. The monoisotopic (exact) mass is 463 g/mol. The van der Waals surface area contributed by atoms with Gasteiger partial charge in [-0.25, -0.2) is 4.90 Å². The molecule has 0 bridgehead atoms. The van der Waals surface area contributed by atoms with E-state index in [9.17, 15) is 14.7 Å². The molecule has 0 unspecified atom stereocenters. The lowest BCUT2D eigenvalue weighted by atomic mass is 9.91. The van der Waals surface area contributed by atoms with Crippen LogP contribution >= 0.6 is 15.9 Å². The zero-order chi connectivity index (χ0) is 21.4. The topological polar surface area (TPSA) is 66.8 Å². The largest absolute Gasteiger partial charge is 0.503 e. The normalized spacial score (nSPS) is 14.8. The summed E-state index contributed by atoms with van der Waals surface area (Å²) in [5.74, 6) is -0.506. The van der Waals surface area contributed by atoms with Crippen LogP contribution in [0.25, 0.3) is 11.6 Å². The fourth-order valence-electron chi connectivity index (χ4n) is 3.52. The summed E-state index contributed by atoms with van der Waals surface area (Å²) in [6, 6.07) is 17.7. The minimum Gasteiger partial charge on any atom is -0.503 e. The molecule has 0 aromatic heterocycles. The third-order valence-electron chi connectivity index (χ3n) is 5.02. The number of benzene rings is 3. The molecule has 2 amide bonds. The van der Waals surface area contributed by atoms with E-state index in [-0.39, 0.29) is 17.4 Å². The highest BCUT2D eigenvalue weighted by Crippen LogP contribution is 2.38. The maximum Gasteiger partial charge on any atom is 0.265 e. The lowest BCUT2D eigenvalue weighted by Gasteiger charge is -2.29. The summed E-state index contributed by atoms with van der Waals surface area (Å²) in [5.41, 5.74) is 3.43. The standard InChI is InChI=1S/C24H18BrNO4/c1-14-7-3-6-10-20(14)26-23(28)17-9-5-4-8-16(17)18(24(26)29)11-15-12-19(25)22(27)21(13-15)30-2/h3-13,27H,1-2H3. The second-order valence-corrected chi connectivity index (χ2v) is 7.74. The lowest BCUT2D eigenvalue weighted by Crippen LogP contribution is -2.42. The SMILES string of the molecule is COc1cc(C=C2C(=O)N(c3ccccc3C)C(=O)c3ccccc32)cc(Br)c1O. The molecule has 0 saturated carbocycles. The molecule has 0 saturated heterocycles. The molecule has 0 fully saturated rings. The molecular weight excluding hydrogens is 446 g/mol. The first-order valence-corrected chi connectivity index (χ1v) is 10.0. The number of aryl methyl sites for hydroxylation is 1. The molecule has 1 aliphatic rings. The van der Waals surface area contributed by atoms with Crippen molar-refractivity contribution in [3.05, 3.63) is 87.4 Å². The van der Waals surface area contributed by atoms with Gasteiger partial charge in [0.25, 0.3) is 11.8 Å². The van der Waals surface area contributed by atoms with Gasteiger partial charge in [0.05, 0.1) is 17.3 Å². The Bertz CT molecular complexity index is 1220. The number of hydrogen-bond donors (Lipinski definition) is 1. The Hall–Kier alpha value is -3.38. The average molecular weight is 464 g/mol. The molecule has 0 spiro atoms. The van der Waals surface area contributed by atoms with Crippen molar-refractivity contribution in [3.63, 3.8) is 0 Å². The van der Waals surface area contributed by atoms with Gasteiger partial charge in [-0.2, -0.15) is 0 Å². The Morgan fingerprint density at radius 2 is 1.63 bits per heavy atom. The number of carbonyl (C=O) groups is 2. The zero-order valence-electron chi connectivity index (χ0n) is 16.3. The number of methoxy groups -OCH3 is 1. The second kappa shape index (κ2) is 7.80. The Kier molecular flexibility index (Phi) is 5.18. The van der Waals surface area contributed by atoms with E-state index in [1.807, 2.05) is 19.1 Å². The van der Waals surface area contributed by atoms with Crippen molar-refractivity contribution < 1.29 is 19.4 Å². The van der Waals surface area contributed by atoms with Gasteiger partial charge in [-0.15, -0.1) is 0 Å². The molecule has 1 heterocycles. The van der Waals surface area contributed by atoms with Gasteiger partial charge in [-0.3, -0.25) is 9.59 Å². The molecule has 5 nitrogen and oxygen atoms in total. The van der Waals surface area contributed by atoms with Gasteiger partial charge in [0.1, 0.15) is 0 Å². The highest BCUT2D eigenvalue weighted by molar-refractivity contribution is 9.10. The number of carbonyl (C=O) groups excluding carboxylic acids is 2. The van der Waals surface area contributed by atoms with E-state index >= 15 is 0 Å². The van der Waals surface area contributed by atoms with Crippen molar-refractivity contribution >= 4 is 45.1 Å². The van der Waals surface area contributed by atoms with Crippen molar-refractivity contribution in [1.29, 1.82) is 0 Å². The molecule has 0 aliphatic carbocycles. The predicted octanol–water partition coefficient (Wildman–Crippen LogP) is 5.20. The summed E-state index contributed by atoms with van der Waals surface area (Å²) in [4.78, 5) is 27.9. The van der Waals surface area contributed by atoms with E-state index in [0.29, 0.717) is 32.4 Å². The summed E-state index contributed by atoms with van der Waals surface area (Å²) in [6.45, 7) is 1.86. The summed E-state index contributed by atoms with van der Waals surface area (Å²) >= 11 is 3.31. The second-order valence-electron chi connectivity index (χ2n) is 6.89. The maximum atomic E-state index is 13.5. The van der Waals surface area contributed by atoms with Crippen LogP contribution in [-0.2, 0) is 4.79 Å². The van der Waals surface area contributed by atoms with Crippen molar-refractivity contribution in [1.82, 2.24) is 0 Å². The van der Waals surface area contributed by atoms with E-state index in [2.05, 4.69) is 15.9 Å². The van der Waals surface area contributed by atoms with Gasteiger partial charge >= 0.3 is 0 Å². The fourth-order valence-corrected chi connectivity index (χ4v) is 3.98. The molecule has 6 heteroatoms. The van der Waals surface area contributed by atoms with Crippen LogP contribution in [0.15, 0.2) is 65.1 Å². The fraction of sp³-hybridized carbons (Fsp3) is 0.0833. The number of fused-ring (bicyclic) bond motifs is 1. The number of aromatic hydroxyl groups is 1. The summed E-state index contributed by atoms with van der Waals surface area (Å²) < 4.78 is 5.66. The Morgan fingerprint density at radius 1 is 0.967 bits per heavy atom. The minimum absolute atomic E-state index is 0.0215. The third-order valence-corrected chi connectivity index (χ3v) is 5.63. The number of amides is 2. The summed E-state index contributed by atoms with van der Waals surface area (Å²) in [6.07, 6.45) is 1.70. The number of anilines is 1. The van der Waals surface area contributed by atoms with Crippen LogP contribution in [0.1, 0.15) is 27.0 Å². The Balaban J connectivity index is 1.93. The lowest BCUT2D eigenvalue weighted by molar-refractivity contribution is -0.112. The molecule has 150 valence electrons. The minimum atomic E-state index is -0.406. The molecule has 0 radical (unpaired) electrons. The van der Waals surface area contributed by atoms with Crippen LogP contribution < -0.4 is 9.64 Å². The Labute approximate surface area is 182 Å². The van der Waals surface area contributed by atoms with Gasteiger partial charge < -0.3 is 9.84 Å². The number of hydrogen-bond acceptors (Lipinski definition) is 4. The van der Waals surface area contributed by atoms with Crippen LogP contribution in [0, 0.1) is 6.92 Å². The molecule has 1 aliphatic heterocycles. The predicted molar refractivity (Wildman–Crippen MR) is 120 cm³/mol. The van der Waals surface area contributed by atoms with E-state index in [0.717, 1.165) is 5.56 Å². The molecular formula is C24H18BrNO4. The maximum absolute atomic E-state index is 13.5. The van der Waals surface area contributed by atoms with Crippen molar-refractivity contribution in [2.24, 2.45) is 0 Å². The number of rotatable bonds is 3. The van der Waals surface area contributed by atoms with Crippen LogP contribution in [0.3, 0.4) is 0 Å². The van der Waals surface area contributed by atoms with Crippen LogP contribution in [0.5, 0.6) is 11.5 Å². The molecule has 3 aromatic rings. The number of phenolic OH excluding ortho intramolecular Hbond substituents is 1. The van der Waals surface area contributed by atoms with Crippen LogP contribution in [0.4, 0.5) is 5.69 Å². The highest BCUT2D eigenvalue weighted by atomic mass is 79.9. The molecule has 0 atom stereocenters. The van der Waals surface area contributed by atoms with Crippen LogP contribution in [-0.4, -0.2) is 24.0 Å². The zero-order valence-corrected chi connectivity index (χ0v) is 17.9. The summed E-state index contributed by atoms with van der Waals surface area (Å²) in [7, 11) is 1.46. The van der Waals surface area contributed by atoms with E-state index in [4.69, 9.17) is 4.74 Å². The van der Waals surface area contributed by atoms with Gasteiger partial charge in [0.2, 0.25) is 0 Å². The number of phenols is 1. The number of imide groups is 1. The third kappa shape index (κ3) is 3.29. The summed E-state index contributed by atoms with van der Waals surface area (Å²) in [5, 5.41) is 10.1. The van der Waals surface area contributed by atoms with Gasteiger partial charge in [0, 0.05) is 11.1 Å². The first-order chi connectivity index (χ1) is 14.4. The Morgan fingerprint density at radius 3 is 2.33 bits per heavy atom. The van der Waals surface area contributed by atoms with E-state index in [1.165, 1.54) is 12.0 Å². The first kappa shape index (κ1) is 19.9. The van der Waals surface area contributed by atoms with Gasteiger partial charge in [0.15, 0.2) is 11.5 Å². The number of para-hydroxylation sites is 1. The number of halogens is 1.